The van der Waals surface area contributed by atoms with E-state index in [0.29, 0.717) is 13.2 Å². The Labute approximate surface area is 124 Å². The molecule has 2 unspecified atom stereocenters. The van der Waals surface area contributed by atoms with E-state index in [0.717, 1.165) is 6.26 Å². The number of anilines is 1. The summed E-state index contributed by atoms with van der Waals surface area (Å²) in [7, 11) is -3.41. The van der Waals surface area contributed by atoms with Gasteiger partial charge in [-0.2, -0.15) is 0 Å². The molecule has 0 saturated carbocycles. The third kappa shape index (κ3) is 3.54. The van der Waals surface area contributed by atoms with Crippen LogP contribution in [-0.2, 0) is 14.6 Å². The molecule has 1 saturated heterocycles. The predicted octanol–water partition coefficient (Wildman–Crippen LogP) is 0.922. The molecule has 2 N–H and O–H groups in total. The van der Waals surface area contributed by atoms with Crippen LogP contribution in [0.25, 0.3) is 0 Å². The zero-order valence-electron chi connectivity index (χ0n) is 12.4. The number of carbonyl (C=O) groups excluding carboxylic acids is 1. The fraction of sp³-hybridized carbons (Fsp3) is 0.500. The van der Waals surface area contributed by atoms with E-state index in [4.69, 9.17) is 10.5 Å². The fourth-order valence-corrected chi connectivity index (χ4v) is 3.00. The van der Waals surface area contributed by atoms with Crippen molar-refractivity contribution in [2.75, 3.05) is 25.1 Å². The highest BCUT2D eigenvalue weighted by atomic mass is 32.2. The van der Waals surface area contributed by atoms with Crippen molar-refractivity contribution in [1.29, 1.82) is 0 Å². The van der Waals surface area contributed by atoms with Crippen molar-refractivity contribution in [2.24, 2.45) is 0 Å². The van der Waals surface area contributed by atoms with Crippen molar-refractivity contribution < 1.29 is 17.9 Å². The lowest BCUT2D eigenvalue weighted by Crippen LogP contribution is -2.50. The lowest BCUT2D eigenvalue weighted by Gasteiger charge is -2.36. The summed E-state index contributed by atoms with van der Waals surface area (Å²) in [4.78, 5) is 14.4. The van der Waals surface area contributed by atoms with Crippen LogP contribution >= 0.6 is 0 Å². The Morgan fingerprint density at radius 1 is 1.33 bits per heavy atom. The summed E-state index contributed by atoms with van der Waals surface area (Å²) in [6.07, 6.45) is 1.05. The second-order valence-corrected chi connectivity index (χ2v) is 7.53. The number of carbonyl (C=O) groups is 1. The first-order valence-corrected chi connectivity index (χ1v) is 8.61. The van der Waals surface area contributed by atoms with Gasteiger partial charge in [0.05, 0.1) is 23.6 Å². The Bertz CT molecular complexity index is 657. The molecule has 0 aliphatic carbocycles. The van der Waals surface area contributed by atoms with Gasteiger partial charge in [-0.05, 0) is 32.0 Å². The van der Waals surface area contributed by atoms with Gasteiger partial charge in [0, 0.05) is 24.1 Å². The van der Waals surface area contributed by atoms with Crippen LogP contribution in [0, 0.1) is 0 Å². The summed E-state index contributed by atoms with van der Waals surface area (Å²) in [6.45, 7) is 4.73. The van der Waals surface area contributed by atoms with Crippen molar-refractivity contribution in [3.63, 3.8) is 0 Å². The van der Waals surface area contributed by atoms with Gasteiger partial charge < -0.3 is 15.4 Å². The zero-order valence-corrected chi connectivity index (χ0v) is 13.2. The number of sulfone groups is 1. The zero-order chi connectivity index (χ0) is 15.8. The third-order valence-corrected chi connectivity index (χ3v) is 4.56. The average molecular weight is 312 g/mol. The SMILES string of the molecule is CC1CN(C(=O)c2cc(N)cc(S(C)(=O)=O)c2)C(C)CO1. The highest BCUT2D eigenvalue weighted by Gasteiger charge is 2.28. The number of amides is 1. The van der Waals surface area contributed by atoms with E-state index in [1.165, 1.54) is 18.2 Å². The minimum atomic E-state index is -3.41. The van der Waals surface area contributed by atoms with Crippen LogP contribution in [0.15, 0.2) is 23.1 Å². The van der Waals surface area contributed by atoms with Gasteiger partial charge in [-0.25, -0.2) is 8.42 Å². The standard InChI is InChI=1S/C14H20N2O4S/c1-9-8-20-10(2)7-16(9)14(17)11-4-12(15)6-13(5-11)21(3,18)19/h4-6,9-10H,7-8,15H2,1-3H3. The predicted molar refractivity (Wildman–Crippen MR) is 79.9 cm³/mol. The van der Waals surface area contributed by atoms with Gasteiger partial charge in [-0.1, -0.05) is 0 Å². The van der Waals surface area contributed by atoms with Crippen LogP contribution in [0.2, 0.25) is 0 Å². The Kier molecular flexibility index (Phi) is 4.25. The maximum absolute atomic E-state index is 12.6. The van der Waals surface area contributed by atoms with Crippen LogP contribution in [0.4, 0.5) is 5.69 Å². The topological polar surface area (TPSA) is 89.7 Å². The Balaban J connectivity index is 2.37. The molecule has 1 fully saturated rings. The van der Waals surface area contributed by atoms with Crippen molar-refractivity contribution >= 4 is 21.4 Å². The Morgan fingerprint density at radius 3 is 2.62 bits per heavy atom. The largest absolute Gasteiger partial charge is 0.399 e. The number of rotatable bonds is 2. The second-order valence-electron chi connectivity index (χ2n) is 5.51. The first-order chi connectivity index (χ1) is 9.68. The van der Waals surface area contributed by atoms with E-state index >= 15 is 0 Å². The lowest BCUT2D eigenvalue weighted by atomic mass is 10.1. The van der Waals surface area contributed by atoms with E-state index in [-0.39, 0.29) is 34.2 Å². The number of nitrogens with zero attached hydrogens (tertiary/aromatic N) is 1. The molecule has 1 aromatic carbocycles. The third-order valence-electron chi connectivity index (χ3n) is 3.47. The minimum Gasteiger partial charge on any atom is -0.399 e. The van der Waals surface area contributed by atoms with E-state index in [9.17, 15) is 13.2 Å². The van der Waals surface area contributed by atoms with E-state index < -0.39 is 9.84 Å². The van der Waals surface area contributed by atoms with E-state index in [1.807, 2.05) is 13.8 Å². The molecule has 1 amide bonds. The molecule has 2 rings (SSSR count). The molecular formula is C14H20N2O4S. The summed E-state index contributed by atoms with van der Waals surface area (Å²) in [5.74, 6) is -0.227. The average Bonchev–Trinajstić information content (AvgIpc) is 2.39. The maximum atomic E-state index is 12.6. The monoisotopic (exact) mass is 312 g/mol. The number of hydrogen-bond donors (Lipinski definition) is 1. The van der Waals surface area contributed by atoms with E-state index in [2.05, 4.69) is 0 Å². The van der Waals surface area contributed by atoms with Crippen molar-refractivity contribution in [1.82, 2.24) is 4.90 Å². The van der Waals surface area contributed by atoms with E-state index in [1.54, 1.807) is 4.90 Å². The first kappa shape index (κ1) is 15.8. The van der Waals surface area contributed by atoms with Crippen LogP contribution < -0.4 is 5.73 Å². The maximum Gasteiger partial charge on any atom is 0.254 e. The number of nitrogen functional groups attached to an aromatic ring is 1. The normalized spacial score (nSPS) is 23.1. The van der Waals surface area contributed by atoms with Gasteiger partial charge in [0.1, 0.15) is 0 Å². The van der Waals surface area contributed by atoms with Gasteiger partial charge >= 0.3 is 0 Å². The van der Waals surface area contributed by atoms with Crippen molar-refractivity contribution in [2.45, 2.75) is 30.9 Å². The van der Waals surface area contributed by atoms with Gasteiger partial charge in [0.25, 0.3) is 5.91 Å². The van der Waals surface area contributed by atoms with Gasteiger partial charge in [0.15, 0.2) is 9.84 Å². The van der Waals surface area contributed by atoms with Crippen molar-refractivity contribution in [3.8, 4) is 0 Å². The Hall–Kier alpha value is -1.60. The van der Waals surface area contributed by atoms with Crippen LogP contribution in [0.5, 0.6) is 0 Å². The van der Waals surface area contributed by atoms with Gasteiger partial charge in [-0.15, -0.1) is 0 Å². The summed E-state index contributed by atoms with van der Waals surface area (Å²) in [5.41, 5.74) is 6.27. The summed E-state index contributed by atoms with van der Waals surface area (Å²) in [5, 5.41) is 0. The second kappa shape index (κ2) is 5.65. The molecule has 7 heteroatoms. The Morgan fingerprint density at radius 2 is 2.00 bits per heavy atom. The number of benzene rings is 1. The number of morpholine rings is 1. The molecule has 1 aliphatic heterocycles. The first-order valence-electron chi connectivity index (χ1n) is 6.71. The molecule has 21 heavy (non-hydrogen) atoms. The van der Waals surface area contributed by atoms with Crippen molar-refractivity contribution in [3.05, 3.63) is 23.8 Å². The molecule has 116 valence electrons. The summed E-state index contributed by atoms with van der Waals surface area (Å²) >= 11 is 0. The highest BCUT2D eigenvalue weighted by Crippen LogP contribution is 2.21. The molecule has 2 atom stereocenters. The number of ether oxygens (including phenoxy) is 1. The molecule has 1 aromatic rings. The quantitative estimate of drug-likeness (QED) is 0.820. The molecule has 1 aliphatic rings. The molecule has 0 aromatic heterocycles. The minimum absolute atomic E-state index is 0.0411. The highest BCUT2D eigenvalue weighted by molar-refractivity contribution is 7.90. The molecular weight excluding hydrogens is 292 g/mol. The van der Waals surface area contributed by atoms with Gasteiger partial charge in [0.2, 0.25) is 0 Å². The van der Waals surface area contributed by atoms with Crippen LogP contribution in [-0.4, -0.2) is 50.8 Å². The molecule has 1 heterocycles. The fourth-order valence-electron chi connectivity index (χ4n) is 2.31. The molecule has 0 radical (unpaired) electrons. The molecule has 6 nitrogen and oxygen atoms in total. The summed E-state index contributed by atoms with van der Waals surface area (Å²) < 4.78 is 28.8. The van der Waals surface area contributed by atoms with Crippen LogP contribution in [0.3, 0.4) is 0 Å². The van der Waals surface area contributed by atoms with Crippen LogP contribution in [0.1, 0.15) is 24.2 Å². The molecule has 0 bridgehead atoms. The summed E-state index contributed by atoms with van der Waals surface area (Å²) in [6, 6.07) is 4.18. The smallest absolute Gasteiger partial charge is 0.254 e. The van der Waals surface area contributed by atoms with Gasteiger partial charge in [-0.3, -0.25) is 4.79 Å². The number of hydrogen-bond acceptors (Lipinski definition) is 5. The molecule has 0 spiro atoms. The lowest BCUT2D eigenvalue weighted by molar-refractivity contribution is -0.0387. The number of nitrogens with two attached hydrogens (primary N) is 1.